The quantitative estimate of drug-likeness (QED) is 0.152. The molecular weight excluding hydrogens is 833 g/mol. The molecule has 0 amide bonds. The summed E-state index contributed by atoms with van der Waals surface area (Å²) in [7, 11) is 0. The third kappa shape index (κ3) is 6.39. The minimum atomic E-state index is 0.902. The van der Waals surface area contributed by atoms with Crippen molar-refractivity contribution in [1.29, 1.82) is 0 Å². The lowest BCUT2D eigenvalue weighted by Crippen LogP contribution is -1.92. The molecule has 0 saturated heterocycles. The molecule has 320 valence electrons. The predicted molar refractivity (Wildman–Crippen MR) is 294 cm³/mol. The minimum Gasteiger partial charge on any atom is -0.455 e. The molecule has 0 unspecified atom stereocenters. The van der Waals surface area contributed by atoms with Gasteiger partial charge in [0.05, 0.1) is 0 Å². The molecule has 14 aromatic rings. The molecular formula is C68H42O. The maximum Gasteiger partial charge on any atom is 0.143 e. The van der Waals surface area contributed by atoms with Gasteiger partial charge in [0.25, 0.3) is 0 Å². The zero-order chi connectivity index (χ0) is 45.4. The Bertz CT molecular complexity index is 4330. The standard InChI is InChI=1S/C68H42O/c1-4-21-53-43(14-1)17-12-27-55(53)45-30-34-47(35-31-45)65-58-24-7-8-25-59(58)66(48-36-32-46(33-37-48)56-28-13-18-44-15-2-5-22-54(44)56)63-41-50(38-39-60(63)65)49-19-11-20-51(40-49)62-42-52-16-3-6-23-57(52)67-61-26-9-10-29-64(61)69-68(62)67/h1-42H. The highest BCUT2D eigenvalue weighted by Crippen LogP contribution is 2.47. The molecule has 0 bridgehead atoms. The van der Waals surface area contributed by atoms with E-state index in [0.717, 1.165) is 44.2 Å². The van der Waals surface area contributed by atoms with Crippen molar-refractivity contribution in [3.8, 4) is 66.8 Å². The highest BCUT2D eigenvalue weighted by molar-refractivity contribution is 6.24. The third-order valence-corrected chi connectivity index (χ3v) is 14.4. The smallest absolute Gasteiger partial charge is 0.143 e. The van der Waals surface area contributed by atoms with Crippen molar-refractivity contribution in [2.75, 3.05) is 0 Å². The summed E-state index contributed by atoms with van der Waals surface area (Å²) >= 11 is 0. The Labute approximate surface area is 399 Å². The number of para-hydroxylation sites is 1. The number of hydrogen-bond donors (Lipinski definition) is 0. The molecule has 1 nitrogen and oxygen atoms in total. The molecule has 0 atom stereocenters. The van der Waals surface area contributed by atoms with E-state index in [4.69, 9.17) is 4.42 Å². The number of hydrogen-bond acceptors (Lipinski definition) is 1. The van der Waals surface area contributed by atoms with E-state index in [1.54, 1.807) is 0 Å². The molecule has 0 fully saturated rings. The summed E-state index contributed by atoms with van der Waals surface area (Å²) in [6.45, 7) is 0. The number of furan rings is 1. The van der Waals surface area contributed by atoms with Crippen LogP contribution in [0.3, 0.4) is 0 Å². The second-order valence-electron chi connectivity index (χ2n) is 18.3. The van der Waals surface area contributed by atoms with Crippen LogP contribution in [-0.4, -0.2) is 0 Å². The maximum atomic E-state index is 6.72. The van der Waals surface area contributed by atoms with Gasteiger partial charge in [0, 0.05) is 16.3 Å². The molecule has 14 rings (SSSR count). The molecule has 1 aromatic heterocycles. The highest BCUT2D eigenvalue weighted by atomic mass is 16.3. The summed E-state index contributed by atoms with van der Waals surface area (Å²) in [5.41, 5.74) is 16.1. The van der Waals surface area contributed by atoms with Gasteiger partial charge in [0.1, 0.15) is 11.2 Å². The Kier molecular flexibility index (Phi) is 8.97. The van der Waals surface area contributed by atoms with Gasteiger partial charge >= 0.3 is 0 Å². The second kappa shape index (κ2) is 15.8. The zero-order valence-electron chi connectivity index (χ0n) is 37.7. The van der Waals surface area contributed by atoms with Gasteiger partial charge in [0.15, 0.2) is 0 Å². The summed E-state index contributed by atoms with van der Waals surface area (Å²) in [5, 5.41) is 14.6. The summed E-state index contributed by atoms with van der Waals surface area (Å²) in [5.74, 6) is 0. The fourth-order valence-corrected chi connectivity index (χ4v) is 11.2. The van der Waals surface area contributed by atoms with Crippen molar-refractivity contribution < 1.29 is 4.42 Å². The minimum absolute atomic E-state index is 0.902. The largest absolute Gasteiger partial charge is 0.455 e. The molecule has 0 spiro atoms. The van der Waals surface area contributed by atoms with E-state index in [1.807, 2.05) is 0 Å². The van der Waals surface area contributed by atoms with Crippen LogP contribution < -0.4 is 0 Å². The summed E-state index contributed by atoms with van der Waals surface area (Å²) in [6, 6.07) is 93.4. The molecule has 1 heteroatoms. The van der Waals surface area contributed by atoms with Crippen molar-refractivity contribution in [2.45, 2.75) is 0 Å². The van der Waals surface area contributed by atoms with Crippen LogP contribution in [0.2, 0.25) is 0 Å². The Morgan fingerprint density at radius 2 is 0.652 bits per heavy atom. The van der Waals surface area contributed by atoms with Crippen LogP contribution in [0.4, 0.5) is 0 Å². The molecule has 13 aromatic carbocycles. The van der Waals surface area contributed by atoms with Gasteiger partial charge in [-0.15, -0.1) is 0 Å². The van der Waals surface area contributed by atoms with Gasteiger partial charge in [-0.1, -0.05) is 231 Å². The monoisotopic (exact) mass is 874 g/mol. The van der Waals surface area contributed by atoms with E-state index in [0.29, 0.717) is 0 Å². The van der Waals surface area contributed by atoms with E-state index >= 15 is 0 Å². The van der Waals surface area contributed by atoms with E-state index in [9.17, 15) is 0 Å². The highest BCUT2D eigenvalue weighted by Gasteiger charge is 2.20. The van der Waals surface area contributed by atoms with Crippen molar-refractivity contribution in [1.82, 2.24) is 0 Å². The van der Waals surface area contributed by atoms with Crippen molar-refractivity contribution >= 4 is 75.8 Å². The zero-order valence-corrected chi connectivity index (χ0v) is 37.7. The van der Waals surface area contributed by atoms with Crippen LogP contribution in [0, 0.1) is 0 Å². The molecule has 0 aliphatic heterocycles. The fraction of sp³-hybridized carbons (Fsp3) is 0. The van der Waals surface area contributed by atoms with Crippen LogP contribution in [0.15, 0.2) is 259 Å². The van der Waals surface area contributed by atoms with Crippen molar-refractivity contribution in [3.05, 3.63) is 255 Å². The van der Waals surface area contributed by atoms with Crippen LogP contribution in [-0.2, 0) is 0 Å². The Morgan fingerprint density at radius 3 is 1.29 bits per heavy atom. The number of benzene rings is 13. The van der Waals surface area contributed by atoms with Crippen molar-refractivity contribution in [3.63, 3.8) is 0 Å². The van der Waals surface area contributed by atoms with Gasteiger partial charge < -0.3 is 4.42 Å². The van der Waals surface area contributed by atoms with E-state index in [-0.39, 0.29) is 0 Å². The predicted octanol–water partition coefficient (Wildman–Crippen LogP) is 19.4. The van der Waals surface area contributed by atoms with Gasteiger partial charge in [0.2, 0.25) is 0 Å². The molecule has 0 radical (unpaired) electrons. The molecule has 0 aliphatic carbocycles. The number of fused-ring (bicyclic) bond motifs is 9. The summed E-state index contributed by atoms with van der Waals surface area (Å²) in [6.07, 6.45) is 0. The van der Waals surface area contributed by atoms with Crippen LogP contribution >= 0.6 is 0 Å². The lowest BCUT2D eigenvalue weighted by Gasteiger charge is -2.19. The average molecular weight is 875 g/mol. The van der Waals surface area contributed by atoms with Crippen LogP contribution in [0.1, 0.15) is 0 Å². The first-order valence-corrected chi connectivity index (χ1v) is 23.8. The Morgan fingerprint density at radius 1 is 0.217 bits per heavy atom. The van der Waals surface area contributed by atoms with Crippen molar-refractivity contribution in [2.24, 2.45) is 0 Å². The first-order valence-electron chi connectivity index (χ1n) is 23.8. The van der Waals surface area contributed by atoms with Gasteiger partial charge in [-0.05, 0) is 139 Å². The van der Waals surface area contributed by atoms with Crippen LogP contribution in [0.5, 0.6) is 0 Å². The lowest BCUT2D eigenvalue weighted by atomic mass is 9.84. The fourth-order valence-electron chi connectivity index (χ4n) is 11.2. The first kappa shape index (κ1) is 39.2. The normalized spacial score (nSPS) is 11.8. The maximum absolute atomic E-state index is 6.72. The SMILES string of the molecule is c1cc(-c2ccc3c(-c4ccc(-c5cccc6ccccc56)cc4)c4ccccc4c(-c4ccc(-c5cccc6ccccc56)cc4)c3c2)cc(-c2cc3ccccc3c3c2oc2ccccc23)c1. The van der Waals surface area contributed by atoms with Gasteiger partial charge in [-0.2, -0.15) is 0 Å². The molecule has 0 aliphatic rings. The molecule has 69 heavy (non-hydrogen) atoms. The van der Waals surface area contributed by atoms with Crippen LogP contribution in [0.25, 0.3) is 143 Å². The Hall–Kier alpha value is -9.04. The number of rotatable bonds is 6. The molecule has 1 heterocycles. The lowest BCUT2D eigenvalue weighted by molar-refractivity contribution is 0.670. The van der Waals surface area contributed by atoms with Gasteiger partial charge in [-0.3, -0.25) is 0 Å². The first-order chi connectivity index (χ1) is 34.2. The average Bonchev–Trinajstić information content (AvgIpc) is 3.82. The molecule has 0 saturated carbocycles. The summed E-state index contributed by atoms with van der Waals surface area (Å²) in [4.78, 5) is 0. The van der Waals surface area contributed by atoms with E-state index in [1.165, 1.54) is 98.4 Å². The Balaban J connectivity index is 0.970. The summed E-state index contributed by atoms with van der Waals surface area (Å²) < 4.78 is 6.72. The topological polar surface area (TPSA) is 13.1 Å². The third-order valence-electron chi connectivity index (χ3n) is 14.4. The van der Waals surface area contributed by atoms with E-state index < -0.39 is 0 Å². The second-order valence-corrected chi connectivity index (χ2v) is 18.3. The molecule has 0 N–H and O–H groups in total. The van der Waals surface area contributed by atoms with E-state index in [2.05, 4.69) is 255 Å². The van der Waals surface area contributed by atoms with Gasteiger partial charge in [-0.25, -0.2) is 0 Å².